The molecule has 0 fully saturated rings. The third-order valence-electron chi connectivity index (χ3n) is 4.57. The zero-order chi connectivity index (χ0) is 19.3. The molecule has 0 aliphatic rings. The summed E-state index contributed by atoms with van der Waals surface area (Å²) in [6.07, 6.45) is 6.10. The van der Waals surface area contributed by atoms with Gasteiger partial charge >= 0.3 is 8.53 Å². The number of nitrogens with zero attached hydrogens (tertiary/aromatic N) is 4. The lowest BCUT2D eigenvalue weighted by Gasteiger charge is -2.21. The number of nitrogens with one attached hydrogen (secondary N) is 1. The molecule has 8 heteroatoms. The van der Waals surface area contributed by atoms with E-state index >= 15 is 0 Å². The van der Waals surface area contributed by atoms with E-state index in [-0.39, 0.29) is 0 Å². The molecule has 0 saturated heterocycles. The molecule has 144 valence electrons. The van der Waals surface area contributed by atoms with Crippen LogP contribution < -0.4 is 4.52 Å². The van der Waals surface area contributed by atoms with E-state index in [0.717, 1.165) is 11.9 Å². The second kappa shape index (κ2) is 8.52. The van der Waals surface area contributed by atoms with Gasteiger partial charge in [-0.3, -0.25) is 0 Å². The largest absolute Gasteiger partial charge is 0.436 e. The third-order valence-corrected chi connectivity index (χ3v) is 5.73. The molecule has 0 saturated carbocycles. The fourth-order valence-corrected chi connectivity index (χ4v) is 3.77. The van der Waals surface area contributed by atoms with Crippen LogP contribution in [0.3, 0.4) is 0 Å². The summed E-state index contributed by atoms with van der Waals surface area (Å²) in [6, 6.07) is 15.8. The molecule has 2 N–H and O–H groups in total. The van der Waals surface area contributed by atoms with Crippen molar-refractivity contribution < 1.29 is 9.42 Å². The highest BCUT2D eigenvalue weighted by molar-refractivity contribution is 7.43. The van der Waals surface area contributed by atoms with E-state index in [2.05, 4.69) is 33.3 Å². The number of hydrogen-bond acceptors (Lipinski definition) is 5. The number of fused-ring (bicyclic) bond motifs is 1. The fourth-order valence-electron chi connectivity index (χ4n) is 3.05. The molecule has 0 aliphatic carbocycles. The van der Waals surface area contributed by atoms with Crippen molar-refractivity contribution in [3.8, 4) is 5.75 Å². The molecule has 0 amide bonds. The molecule has 4 aromatic rings. The van der Waals surface area contributed by atoms with Crippen molar-refractivity contribution in [3.63, 3.8) is 0 Å². The number of aromatic amines is 1. The van der Waals surface area contributed by atoms with Gasteiger partial charge in [-0.25, -0.2) is 14.3 Å². The smallest absolute Gasteiger partial charge is 0.317 e. The van der Waals surface area contributed by atoms with Crippen LogP contribution in [0.4, 0.5) is 0 Å². The Bertz CT molecular complexity index is 1020. The van der Waals surface area contributed by atoms with E-state index in [9.17, 15) is 4.89 Å². The fraction of sp³-hybridized carbons (Fsp3) is 0.200. The van der Waals surface area contributed by atoms with Gasteiger partial charge in [0.2, 0.25) is 0 Å². The normalized spacial score (nSPS) is 12.5. The van der Waals surface area contributed by atoms with Gasteiger partial charge in [0.1, 0.15) is 18.4 Å². The average molecular weight is 395 g/mol. The molecular weight excluding hydrogens is 373 g/mol. The van der Waals surface area contributed by atoms with E-state index in [0.29, 0.717) is 18.8 Å². The van der Waals surface area contributed by atoms with Crippen molar-refractivity contribution in [3.05, 3.63) is 78.5 Å². The standard InChI is InChI=1S/C20H22N5O2P/c1-24(28(26)27-18-5-3-2-4-6-18)10-9-17-12-22-20-8-7-16(11-19(17)20)13-25-15-21-14-23-25/h2-8,11-12,14-15,22,26H,9-10,13H2,1H3. The number of hydrogen-bond donors (Lipinski definition) is 2. The Kier molecular flexibility index (Phi) is 5.67. The Morgan fingerprint density at radius 2 is 2.07 bits per heavy atom. The average Bonchev–Trinajstić information content (AvgIpc) is 3.36. The molecule has 0 spiro atoms. The van der Waals surface area contributed by atoms with Gasteiger partial charge in [0, 0.05) is 23.6 Å². The predicted molar refractivity (Wildman–Crippen MR) is 110 cm³/mol. The highest BCUT2D eigenvalue weighted by Gasteiger charge is 2.16. The van der Waals surface area contributed by atoms with Crippen LogP contribution in [0.2, 0.25) is 0 Å². The van der Waals surface area contributed by atoms with Crippen LogP contribution in [0, 0.1) is 0 Å². The minimum absolute atomic E-state index is 0.674. The van der Waals surface area contributed by atoms with E-state index < -0.39 is 8.53 Å². The van der Waals surface area contributed by atoms with Crippen molar-refractivity contribution in [1.29, 1.82) is 0 Å². The van der Waals surface area contributed by atoms with Crippen LogP contribution in [0.1, 0.15) is 11.1 Å². The zero-order valence-electron chi connectivity index (χ0n) is 15.6. The Balaban J connectivity index is 1.41. The lowest BCUT2D eigenvalue weighted by atomic mass is 10.1. The van der Waals surface area contributed by atoms with E-state index in [1.165, 1.54) is 16.5 Å². The third kappa shape index (κ3) is 4.39. The maximum absolute atomic E-state index is 10.3. The highest BCUT2D eigenvalue weighted by Crippen LogP contribution is 2.36. The number of para-hydroxylation sites is 1. The van der Waals surface area contributed by atoms with Crippen molar-refractivity contribution >= 4 is 19.4 Å². The monoisotopic (exact) mass is 395 g/mol. The summed E-state index contributed by atoms with van der Waals surface area (Å²) in [5.74, 6) is 0.674. The molecule has 0 aliphatic heterocycles. The quantitative estimate of drug-likeness (QED) is 0.446. The van der Waals surface area contributed by atoms with Crippen LogP contribution in [0.25, 0.3) is 10.9 Å². The SMILES string of the molecule is CN(CCc1c[nH]c2ccc(Cn3cncn3)cc12)P(O)Oc1ccccc1. The Morgan fingerprint density at radius 1 is 1.21 bits per heavy atom. The lowest BCUT2D eigenvalue weighted by Crippen LogP contribution is -2.17. The van der Waals surface area contributed by atoms with Crippen LogP contribution in [-0.4, -0.2) is 42.9 Å². The second-order valence-corrected chi connectivity index (χ2v) is 7.95. The first-order valence-electron chi connectivity index (χ1n) is 9.03. The summed E-state index contributed by atoms with van der Waals surface area (Å²) in [5.41, 5.74) is 3.49. The van der Waals surface area contributed by atoms with Gasteiger partial charge in [-0.1, -0.05) is 24.3 Å². The molecule has 4 rings (SSSR count). The van der Waals surface area contributed by atoms with Gasteiger partial charge in [0.05, 0.1) is 6.54 Å². The number of likely N-dealkylation sites (N-methyl/N-ethyl adjacent to an activating group) is 1. The molecule has 1 unspecified atom stereocenters. The van der Waals surface area contributed by atoms with Gasteiger partial charge in [-0.15, -0.1) is 0 Å². The van der Waals surface area contributed by atoms with Crippen molar-refractivity contribution in [2.45, 2.75) is 13.0 Å². The molecule has 0 radical (unpaired) electrons. The maximum atomic E-state index is 10.3. The summed E-state index contributed by atoms with van der Waals surface area (Å²) in [6.45, 7) is 1.38. The van der Waals surface area contributed by atoms with Crippen LogP contribution in [0.5, 0.6) is 5.75 Å². The zero-order valence-corrected chi connectivity index (χ0v) is 16.5. The number of benzene rings is 2. The Morgan fingerprint density at radius 3 is 2.86 bits per heavy atom. The molecule has 2 aromatic carbocycles. The molecule has 2 aromatic heterocycles. The summed E-state index contributed by atoms with van der Waals surface area (Å²) in [7, 11) is 0.202. The minimum atomic E-state index is -1.67. The van der Waals surface area contributed by atoms with Crippen LogP contribution in [-0.2, 0) is 13.0 Å². The molecule has 2 heterocycles. The van der Waals surface area contributed by atoms with Crippen molar-refractivity contribution in [2.75, 3.05) is 13.6 Å². The molecule has 0 bridgehead atoms. The lowest BCUT2D eigenvalue weighted by molar-refractivity contribution is 0.385. The summed E-state index contributed by atoms with van der Waals surface area (Å²) >= 11 is 0. The van der Waals surface area contributed by atoms with E-state index in [1.54, 1.807) is 17.3 Å². The molecule has 28 heavy (non-hydrogen) atoms. The van der Waals surface area contributed by atoms with Gasteiger partial charge in [0.25, 0.3) is 0 Å². The highest BCUT2D eigenvalue weighted by atomic mass is 31.2. The van der Waals surface area contributed by atoms with Crippen molar-refractivity contribution in [1.82, 2.24) is 24.4 Å². The number of aromatic nitrogens is 4. The molecular formula is C20H22N5O2P. The van der Waals surface area contributed by atoms with Gasteiger partial charge in [0.15, 0.2) is 0 Å². The van der Waals surface area contributed by atoms with Gasteiger partial charge in [-0.2, -0.15) is 5.10 Å². The number of H-pyrrole nitrogens is 1. The second-order valence-electron chi connectivity index (χ2n) is 6.58. The van der Waals surface area contributed by atoms with Crippen LogP contribution >= 0.6 is 8.53 Å². The summed E-state index contributed by atoms with van der Waals surface area (Å²) < 4.78 is 9.29. The first-order chi connectivity index (χ1) is 13.7. The van der Waals surface area contributed by atoms with E-state index in [1.807, 2.05) is 48.2 Å². The Labute approximate surface area is 164 Å². The summed E-state index contributed by atoms with van der Waals surface area (Å²) in [4.78, 5) is 17.7. The first-order valence-corrected chi connectivity index (χ1v) is 10.2. The van der Waals surface area contributed by atoms with Gasteiger partial charge in [-0.05, 0) is 48.9 Å². The predicted octanol–water partition coefficient (Wildman–Crippen LogP) is 3.58. The van der Waals surface area contributed by atoms with Crippen LogP contribution in [0.15, 0.2) is 67.4 Å². The van der Waals surface area contributed by atoms with Gasteiger partial charge < -0.3 is 14.4 Å². The minimum Gasteiger partial charge on any atom is -0.436 e. The number of rotatable bonds is 8. The van der Waals surface area contributed by atoms with Crippen molar-refractivity contribution in [2.24, 2.45) is 0 Å². The molecule has 1 atom stereocenters. The maximum Gasteiger partial charge on any atom is 0.317 e. The molecule has 7 nitrogen and oxygen atoms in total. The summed E-state index contributed by atoms with van der Waals surface area (Å²) in [5, 5.41) is 5.36. The Hall–Kier alpha value is -2.73. The topological polar surface area (TPSA) is 79.2 Å². The van der Waals surface area contributed by atoms with E-state index in [4.69, 9.17) is 4.52 Å². The first kappa shape index (κ1) is 18.6.